The summed E-state index contributed by atoms with van der Waals surface area (Å²) >= 11 is 0. The van der Waals surface area contributed by atoms with Crippen molar-refractivity contribution in [2.45, 2.75) is 38.6 Å². The molecule has 0 fully saturated rings. The van der Waals surface area contributed by atoms with Crippen LogP contribution in [0.2, 0.25) is 0 Å². The average Bonchev–Trinajstić information content (AvgIpc) is 2.62. The molecule has 1 aliphatic carbocycles. The molecule has 144 valence electrons. The molecule has 0 saturated carbocycles. The molecule has 5 nitrogen and oxygen atoms in total. The third-order valence-electron chi connectivity index (χ3n) is 4.51. The number of likely N-dealkylation sites (N-methyl/N-ethyl adjacent to an activating group) is 1. The molecule has 1 amide bonds. The second-order valence-electron chi connectivity index (χ2n) is 6.72. The van der Waals surface area contributed by atoms with Gasteiger partial charge in [0.15, 0.2) is 5.96 Å². The van der Waals surface area contributed by atoms with Gasteiger partial charge in [-0.1, -0.05) is 24.3 Å². The molecule has 1 aromatic carbocycles. The first-order chi connectivity index (χ1) is 12.0. The van der Waals surface area contributed by atoms with E-state index in [2.05, 4.69) is 47.3 Å². The first-order valence-electron chi connectivity index (χ1n) is 8.99. The van der Waals surface area contributed by atoms with Gasteiger partial charge < -0.3 is 15.5 Å². The molecule has 1 aliphatic rings. The molecule has 0 bridgehead atoms. The highest BCUT2D eigenvalue weighted by molar-refractivity contribution is 14.0. The van der Waals surface area contributed by atoms with Crippen LogP contribution in [0.3, 0.4) is 0 Å². The molecule has 0 radical (unpaired) electrons. The van der Waals surface area contributed by atoms with Crippen molar-refractivity contribution in [3.05, 3.63) is 47.5 Å². The van der Waals surface area contributed by atoms with Gasteiger partial charge in [-0.3, -0.25) is 4.79 Å². The van der Waals surface area contributed by atoms with E-state index in [4.69, 9.17) is 0 Å². The molecule has 2 N–H and O–H groups in total. The third-order valence-corrected chi connectivity index (χ3v) is 4.51. The summed E-state index contributed by atoms with van der Waals surface area (Å²) in [6.45, 7) is 6.55. The van der Waals surface area contributed by atoms with Gasteiger partial charge in [0.1, 0.15) is 6.54 Å². The number of hydrogen-bond donors (Lipinski definition) is 2. The zero-order valence-electron chi connectivity index (χ0n) is 16.0. The molecule has 0 aromatic heterocycles. The zero-order chi connectivity index (χ0) is 18.2. The summed E-state index contributed by atoms with van der Waals surface area (Å²) in [7, 11) is 3.47. The minimum Gasteiger partial charge on any atom is -0.353 e. The summed E-state index contributed by atoms with van der Waals surface area (Å²) in [4.78, 5) is 17.7. The van der Waals surface area contributed by atoms with E-state index in [1.54, 1.807) is 25.1 Å². The zero-order valence-corrected chi connectivity index (χ0v) is 18.4. The number of nitrogens with zero attached hydrogens (tertiary/aromatic N) is 2. The smallest absolute Gasteiger partial charge is 0.243 e. The molecular weight excluding hydrogens is 439 g/mol. The highest BCUT2D eigenvalue weighted by Gasteiger charge is 2.13. The Hall–Kier alpha value is -1.57. The highest BCUT2D eigenvalue weighted by Crippen LogP contribution is 2.24. The molecular formula is C20H31IN4O. The first kappa shape index (κ1) is 22.5. The van der Waals surface area contributed by atoms with Crippen LogP contribution in [-0.2, 0) is 17.6 Å². The largest absolute Gasteiger partial charge is 0.353 e. The summed E-state index contributed by atoms with van der Waals surface area (Å²) in [5.41, 5.74) is 4.20. The summed E-state index contributed by atoms with van der Waals surface area (Å²) in [5, 5.41) is 6.57. The standard InChI is InChI=1S/C20H30N4O.HI/c1-5-12-21-20(22-14-19(25)24(3)4)23-15(2)17-11-10-16-8-6-7-9-18(16)13-17;/h5,10-11,13,15H,1,6-9,12,14H2,2-4H3,(H2,21,22,23);1H. The summed E-state index contributed by atoms with van der Waals surface area (Å²) in [5.74, 6) is 0.599. The molecule has 2 rings (SSSR count). The number of carbonyl (C=O) groups excluding carboxylic acids is 1. The molecule has 1 atom stereocenters. The summed E-state index contributed by atoms with van der Waals surface area (Å²) in [6, 6.07) is 6.86. The van der Waals surface area contributed by atoms with Crippen LogP contribution >= 0.6 is 24.0 Å². The van der Waals surface area contributed by atoms with Gasteiger partial charge in [0.2, 0.25) is 5.91 Å². The number of aryl methyl sites for hydroxylation is 2. The number of rotatable bonds is 6. The van der Waals surface area contributed by atoms with Gasteiger partial charge in [-0.05, 0) is 49.3 Å². The van der Waals surface area contributed by atoms with Gasteiger partial charge in [0.25, 0.3) is 0 Å². The van der Waals surface area contributed by atoms with E-state index in [1.165, 1.54) is 42.4 Å². The van der Waals surface area contributed by atoms with Crippen LogP contribution in [0.1, 0.15) is 42.5 Å². The minimum atomic E-state index is -0.0267. The second-order valence-corrected chi connectivity index (χ2v) is 6.72. The number of aliphatic imine (C=N–C) groups is 1. The van der Waals surface area contributed by atoms with E-state index in [0.717, 1.165) is 0 Å². The maximum atomic E-state index is 11.8. The summed E-state index contributed by atoms with van der Waals surface area (Å²) < 4.78 is 0. The SMILES string of the molecule is C=CCNC(=NCC(=O)N(C)C)NC(C)c1ccc2c(c1)CCCC2.I. The van der Waals surface area contributed by atoms with Crippen LogP contribution in [0.4, 0.5) is 0 Å². The lowest BCUT2D eigenvalue weighted by Crippen LogP contribution is -2.40. The van der Waals surface area contributed by atoms with Crippen molar-refractivity contribution in [1.29, 1.82) is 0 Å². The van der Waals surface area contributed by atoms with E-state index in [0.29, 0.717) is 12.5 Å². The van der Waals surface area contributed by atoms with Crippen molar-refractivity contribution in [1.82, 2.24) is 15.5 Å². The Kier molecular flexibility index (Phi) is 9.69. The molecule has 0 heterocycles. The highest BCUT2D eigenvalue weighted by atomic mass is 127. The number of benzene rings is 1. The van der Waals surface area contributed by atoms with Crippen molar-refractivity contribution in [3.8, 4) is 0 Å². The van der Waals surface area contributed by atoms with Gasteiger partial charge in [-0.2, -0.15) is 0 Å². The third kappa shape index (κ3) is 6.63. The van der Waals surface area contributed by atoms with Gasteiger partial charge in [-0.15, -0.1) is 30.6 Å². The lowest BCUT2D eigenvalue weighted by molar-refractivity contribution is -0.127. The van der Waals surface area contributed by atoms with E-state index < -0.39 is 0 Å². The van der Waals surface area contributed by atoms with Crippen molar-refractivity contribution in [3.63, 3.8) is 0 Å². The van der Waals surface area contributed by atoms with E-state index >= 15 is 0 Å². The van der Waals surface area contributed by atoms with E-state index in [-0.39, 0.29) is 42.5 Å². The average molecular weight is 470 g/mol. The van der Waals surface area contributed by atoms with Crippen molar-refractivity contribution in [2.75, 3.05) is 27.2 Å². The molecule has 6 heteroatoms. The van der Waals surface area contributed by atoms with Gasteiger partial charge in [0, 0.05) is 20.6 Å². The number of hydrogen-bond acceptors (Lipinski definition) is 2. The van der Waals surface area contributed by atoms with Crippen LogP contribution < -0.4 is 10.6 Å². The lowest BCUT2D eigenvalue weighted by Gasteiger charge is -2.21. The molecule has 0 saturated heterocycles. The van der Waals surface area contributed by atoms with Crippen LogP contribution in [0, 0.1) is 0 Å². The Morgan fingerprint density at radius 2 is 2.00 bits per heavy atom. The Morgan fingerprint density at radius 1 is 1.31 bits per heavy atom. The molecule has 26 heavy (non-hydrogen) atoms. The van der Waals surface area contributed by atoms with Crippen molar-refractivity contribution >= 4 is 35.8 Å². The fourth-order valence-corrected chi connectivity index (χ4v) is 2.92. The molecule has 0 aliphatic heterocycles. The predicted molar refractivity (Wildman–Crippen MR) is 119 cm³/mol. The van der Waals surface area contributed by atoms with Crippen LogP contribution in [0.25, 0.3) is 0 Å². The number of nitrogens with one attached hydrogen (secondary N) is 2. The Morgan fingerprint density at radius 3 is 2.65 bits per heavy atom. The fourth-order valence-electron chi connectivity index (χ4n) is 2.92. The molecule has 0 spiro atoms. The fraction of sp³-hybridized carbons (Fsp3) is 0.500. The number of halogens is 1. The van der Waals surface area contributed by atoms with Crippen molar-refractivity contribution < 1.29 is 4.79 Å². The maximum absolute atomic E-state index is 11.8. The van der Waals surface area contributed by atoms with Crippen LogP contribution in [-0.4, -0.2) is 44.0 Å². The van der Waals surface area contributed by atoms with Gasteiger partial charge >= 0.3 is 0 Å². The van der Waals surface area contributed by atoms with Crippen LogP contribution in [0.5, 0.6) is 0 Å². The Labute approximate surface area is 174 Å². The van der Waals surface area contributed by atoms with E-state index in [1.807, 2.05) is 0 Å². The number of amides is 1. The van der Waals surface area contributed by atoms with Gasteiger partial charge in [-0.25, -0.2) is 4.99 Å². The van der Waals surface area contributed by atoms with Gasteiger partial charge in [0.05, 0.1) is 6.04 Å². The summed E-state index contributed by atoms with van der Waals surface area (Å²) in [6.07, 6.45) is 6.70. The Bertz CT molecular complexity index is 643. The monoisotopic (exact) mass is 470 g/mol. The second kappa shape index (κ2) is 11.2. The molecule has 1 aromatic rings. The maximum Gasteiger partial charge on any atom is 0.243 e. The molecule has 1 unspecified atom stereocenters. The first-order valence-corrected chi connectivity index (χ1v) is 8.99. The topological polar surface area (TPSA) is 56.7 Å². The number of guanidine groups is 1. The normalized spacial score (nSPS) is 14.5. The quantitative estimate of drug-likeness (QED) is 0.291. The number of carbonyl (C=O) groups is 1. The lowest BCUT2D eigenvalue weighted by atomic mass is 9.89. The number of fused-ring (bicyclic) bond motifs is 1. The Balaban J connectivity index is 0.00000338. The minimum absolute atomic E-state index is 0. The van der Waals surface area contributed by atoms with Crippen LogP contribution in [0.15, 0.2) is 35.8 Å². The van der Waals surface area contributed by atoms with E-state index in [9.17, 15) is 4.79 Å². The van der Waals surface area contributed by atoms with Crippen molar-refractivity contribution in [2.24, 2.45) is 4.99 Å². The predicted octanol–water partition coefficient (Wildman–Crippen LogP) is 3.05.